The number of nitrogens with one attached hydrogen (secondary N) is 1. The topological polar surface area (TPSA) is 47.6 Å². The summed E-state index contributed by atoms with van der Waals surface area (Å²) in [7, 11) is 3.17. The summed E-state index contributed by atoms with van der Waals surface area (Å²) in [6.45, 7) is 3.87. The van der Waals surface area contributed by atoms with Gasteiger partial charge in [-0.05, 0) is 24.1 Å². The first-order valence-corrected chi connectivity index (χ1v) is 7.53. The molecule has 0 unspecified atom stereocenters. The maximum Gasteiger partial charge on any atom is 0.230 e. The van der Waals surface area contributed by atoms with Crippen molar-refractivity contribution in [1.29, 1.82) is 0 Å². The van der Waals surface area contributed by atoms with Crippen LogP contribution < -0.4 is 14.8 Å². The van der Waals surface area contributed by atoms with Gasteiger partial charge in [-0.3, -0.25) is 4.79 Å². The highest BCUT2D eigenvalue weighted by Crippen LogP contribution is 2.31. The Balaban J connectivity index is 2.17. The van der Waals surface area contributed by atoms with Crippen LogP contribution in [0, 0.1) is 5.41 Å². The van der Waals surface area contributed by atoms with Gasteiger partial charge in [0.15, 0.2) is 0 Å². The van der Waals surface area contributed by atoms with Crippen LogP contribution in [0.25, 0.3) is 0 Å². The Morgan fingerprint density at radius 1 is 1.04 bits per heavy atom. The summed E-state index contributed by atoms with van der Waals surface area (Å²) in [5.74, 6) is 1.21. The normalized spacial score (nSPS) is 11.0. The number of ether oxygens (including phenoxy) is 2. The first kappa shape index (κ1) is 16.9. The minimum Gasteiger partial charge on any atom is -0.497 e. The predicted octanol–water partition coefficient (Wildman–Crippen LogP) is 3.91. The van der Waals surface area contributed by atoms with Gasteiger partial charge in [-0.1, -0.05) is 44.2 Å². The molecule has 23 heavy (non-hydrogen) atoms. The van der Waals surface area contributed by atoms with Crippen molar-refractivity contribution in [3.63, 3.8) is 0 Å². The minimum absolute atomic E-state index is 0.0621. The van der Waals surface area contributed by atoms with E-state index in [4.69, 9.17) is 9.47 Å². The van der Waals surface area contributed by atoms with Gasteiger partial charge in [0.1, 0.15) is 11.5 Å². The van der Waals surface area contributed by atoms with E-state index in [1.165, 1.54) is 0 Å². The molecule has 122 valence electrons. The first-order chi connectivity index (χ1) is 11.0. The molecular formula is C19H23NO3. The van der Waals surface area contributed by atoms with E-state index in [1.807, 2.05) is 44.2 Å². The van der Waals surface area contributed by atoms with Gasteiger partial charge < -0.3 is 14.8 Å². The van der Waals surface area contributed by atoms with E-state index in [-0.39, 0.29) is 5.91 Å². The average molecular weight is 313 g/mol. The molecule has 0 spiro atoms. The lowest BCUT2D eigenvalue weighted by atomic mass is 9.84. The molecule has 0 saturated heterocycles. The van der Waals surface area contributed by atoms with Crippen LogP contribution in [0.1, 0.15) is 19.4 Å². The van der Waals surface area contributed by atoms with Crippen molar-refractivity contribution in [1.82, 2.24) is 0 Å². The van der Waals surface area contributed by atoms with Gasteiger partial charge in [0.2, 0.25) is 5.91 Å². The second-order valence-electron chi connectivity index (χ2n) is 6.07. The molecule has 0 radical (unpaired) electrons. The molecule has 1 N–H and O–H groups in total. The van der Waals surface area contributed by atoms with Crippen LogP contribution in [0.3, 0.4) is 0 Å². The number of benzene rings is 2. The quantitative estimate of drug-likeness (QED) is 0.879. The Kier molecular flexibility index (Phi) is 5.27. The van der Waals surface area contributed by atoms with Gasteiger partial charge >= 0.3 is 0 Å². The van der Waals surface area contributed by atoms with Crippen molar-refractivity contribution in [3.05, 3.63) is 54.1 Å². The standard InChI is InChI=1S/C19H23NO3/c1-19(2,13-14-8-6-5-7-9-14)18(21)20-16-12-15(22-3)10-11-17(16)23-4/h5-12H,13H2,1-4H3,(H,20,21). The maximum absolute atomic E-state index is 12.7. The molecule has 0 fully saturated rings. The van der Waals surface area contributed by atoms with Gasteiger partial charge in [0.05, 0.1) is 19.9 Å². The Hall–Kier alpha value is -2.49. The van der Waals surface area contributed by atoms with Crippen LogP contribution in [0.15, 0.2) is 48.5 Å². The van der Waals surface area contributed by atoms with E-state index in [0.29, 0.717) is 23.6 Å². The van der Waals surface area contributed by atoms with Crippen molar-refractivity contribution >= 4 is 11.6 Å². The molecule has 0 bridgehead atoms. The number of hydrogen-bond acceptors (Lipinski definition) is 3. The molecule has 2 aromatic carbocycles. The van der Waals surface area contributed by atoms with Crippen LogP contribution in [0.5, 0.6) is 11.5 Å². The van der Waals surface area contributed by atoms with Crippen LogP contribution >= 0.6 is 0 Å². The zero-order chi connectivity index (χ0) is 16.9. The van der Waals surface area contributed by atoms with Crippen LogP contribution in [0.2, 0.25) is 0 Å². The molecule has 0 atom stereocenters. The second-order valence-corrected chi connectivity index (χ2v) is 6.07. The number of amides is 1. The highest BCUT2D eigenvalue weighted by molar-refractivity contribution is 5.96. The number of carbonyl (C=O) groups is 1. The lowest BCUT2D eigenvalue weighted by Gasteiger charge is -2.24. The molecule has 0 saturated carbocycles. The molecular weight excluding hydrogens is 290 g/mol. The highest BCUT2D eigenvalue weighted by Gasteiger charge is 2.28. The summed E-state index contributed by atoms with van der Waals surface area (Å²) in [5.41, 5.74) is 1.19. The molecule has 0 aliphatic carbocycles. The molecule has 1 amide bonds. The van der Waals surface area contributed by atoms with E-state index in [1.54, 1.807) is 32.4 Å². The summed E-state index contributed by atoms with van der Waals surface area (Å²) in [4.78, 5) is 12.7. The van der Waals surface area contributed by atoms with Gasteiger partial charge in [-0.2, -0.15) is 0 Å². The third-order valence-corrected chi connectivity index (χ3v) is 3.76. The van der Waals surface area contributed by atoms with Crippen LogP contribution in [0.4, 0.5) is 5.69 Å². The number of anilines is 1. The second kappa shape index (κ2) is 7.18. The Labute approximate surface area is 137 Å². The highest BCUT2D eigenvalue weighted by atomic mass is 16.5. The van der Waals surface area contributed by atoms with E-state index in [2.05, 4.69) is 5.32 Å². The molecule has 0 aliphatic rings. The van der Waals surface area contributed by atoms with E-state index in [9.17, 15) is 4.79 Å². The third kappa shape index (κ3) is 4.25. The summed E-state index contributed by atoms with van der Waals surface area (Å²) in [6, 6.07) is 15.3. The van der Waals surface area contributed by atoms with Crippen molar-refractivity contribution in [2.45, 2.75) is 20.3 Å². The molecule has 0 heterocycles. The van der Waals surface area contributed by atoms with Gasteiger partial charge in [-0.15, -0.1) is 0 Å². The van der Waals surface area contributed by atoms with Crippen molar-refractivity contribution in [2.24, 2.45) is 5.41 Å². The lowest BCUT2D eigenvalue weighted by molar-refractivity contribution is -0.123. The minimum atomic E-state index is -0.546. The largest absolute Gasteiger partial charge is 0.497 e. The predicted molar refractivity (Wildman–Crippen MR) is 92.1 cm³/mol. The smallest absolute Gasteiger partial charge is 0.230 e. The Bertz CT molecular complexity index is 666. The summed E-state index contributed by atoms with van der Waals surface area (Å²) < 4.78 is 10.5. The Morgan fingerprint density at radius 3 is 2.35 bits per heavy atom. The lowest BCUT2D eigenvalue weighted by Crippen LogP contribution is -2.32. The van der Waals surface area contributed by atoms with Crippen LogP contribution in [-0.4, -0.2) is 20.1 Å². The Morgan fingerprint density at radius 2 is 1.74 bits per heavy atom. The van der Waals surface area contributed by atoms with Gasteiger partial charge in [-0.25, -0.2) is 0 Å². The number of methoxy groups -OCH3 is 2. The maximum atomic E-state index is 12.7. The zero-order valence-corrected chi connectivity index (χ0v) is 14.1. The summed E-state index contributed by atoms with van der Waals surface area (Å²) >= 11 is 0. The molecule has 4 nitrogen and oxygen atoms in total. The molecule has 0 aromatic heterocycles. The fourth-order valence-electron chi connectivity index (χ4n) is 2.39. The molecule has 4 heteroatoms. The fraction of sp³-hybridized carbons (Fsp3) is 0.316. The van der Waals surface area contributed by atoms with E-state index >= 15 is 0 Å². The van der Waals surface area contributed by atoms with E-state index < -0.39 is 5.41 Å². The van der Waals surface area contributed by atoms with Crippen molar-refractivity contribution in [2.75, 3.05) is 19.5 Å². The monoisotopic (exact) mass is 313 g/mol. The van der Waals surface area contributed by atoms with Crippen LogP contribution in [-0.2, 0) is 11.2 Å². The molecule has 0 aliphatic heterocycles. The average Bonchev–Trinajstić information content (AvgIpc) is 2.55. The molecule has 2 rings (SSSR count). The SMILES string of the molecule is COc1ccc(OC)c(NC(=O)C(C)(C)Cc2ccccc2)c1. The third-order valence-electron chi connectivity index (χ3n) is 3.76. The number of carbonyl (C=O) groups excluding carboxylic acids is 1. The van der Waals surface area contributed by atoms with Gasteiger partial charge in [0, 0.05) is 11.5 Å². The summed E-state index contributed by atoms with van der Waals surface area (Å²) in [6.07, 6.45) is 0.659. The zero-order valence-electron chi connectivity index (χ0n) is 14.1. The van der Waals surface area contributed by atoms with E-state index in [0.717, 1.165) is 5.56 Å². The van der Waals surface area contributed by atoms with Gasteiger partial charge in [0.25, 0.3) is 0 Å². The number of rotatable bonds is 6. The van der Waals surface area contributed by atoms with Crippen molar-refractivity contribution in [3.8, 4) is 11.5 Å². The molecule has 2 aromatic rings. The first-order valence-electron chi connectivity index (χ1n) is 7.53. The van der Waals surface area contributed by atoms with Crippen molar-refractivity contribution < 1.29 is 14.3 Å². The summed E-state index contributed by atoms with van der Waals surface area (Å²) in [5, 5.41) is 2.95. The fourth-order valence-corrected chi connectivity index (χ4v) is 2.39. The number of hydrogen-bond donors (Lipinski definition) is 1.